The summed E-state index contributed by atoms with van der Waals surface area (Å²) in [6.45, 7) is 2.13. The van der Waals surface area contributed by atoms with Gasteiger partial charge in [-0.1, -0.05) is 6.92 Å². The van der Waals surface area contributed by atoms with Crippen molar-refractivity contribution in [1.82, 2.24) is 0 Å². The summed E-state index contributed by atoms with van der Waals surface area (Å²) in [5.74, 6) is 2.27. The van der Waals surface area contributed by atoms with Gasteiger partial charge in [0.2, 0.25) is 0 Å². The first-order valence-electron chi connectivity index (χ1n) is 3.92. The van der Waals surface area contributed by atoms with Gasteiger partial charge >= 0.3 is 0 Å². The largest absolute Gasteiger partial charge is 0.323 e. The van der Waals surface area contributed by atoms with Crippen molar-refractivity contribution in [2.24, 2.45) is 0 Å². The average Bonchev–Trinajstić information content (AvgIpc) is 1.89. The van der Waals surface area contributed by atoms with E-state index < -0.39 is 7.14 Å². The van der Waals surface area contributed by atoms with Crippen molar-refractivity contribution in [2.75, 3.05) is 30.0 Å². The van der Waals surface area contributed by atoms with Gasteiger partial charge in [0.15, 0.2) is 0 Å². The predicted molar refractivity (Wildman–Crippen MR) is 49.8 cm³/mol. The third kappa shape index (κ3) is 2.32. The van der Waals surface area contributed by atoms with Crippen LogP contribution < -0.4 is 0 Å². The lowest BCUT2D eigenvalue weighted by atomic mass is 10.6. The van der Waals surface area contributed by atoms with E-state index in [2.05, 4.69) is 6.92 Å². The molecule has 0 atom stereocenters. The standard InChI is InChI=1S/C7H15OPS/c1-2-3-9(8)4-6-10-7-5-9/h2-7H2,1H3. The van der Waals surface area contributed by atoms with Crippen LogP contribution in [0.1, 0.15) is 13.3 Å². The SMILES string of the molecule is CCCP1(=O)CCSCC1. The van der Waals surface area contributed by atoms with E-state index in [-0.39, 0.29) is 0 Å². The fourth-order valence-corrected chi connectivity index (χ4v) is 6.69. The van der Waals surface area contributed by atoms with Crippen LogP contribution in [-0.4, -0.2) is 30.0 Å². The zero-order valence-electron chi connectivity index (χ0n) is 6.51. The van der Waals surface area contributed by atoms with Crippen LogP contribution in [-0.2, 0) is 4.57 Å². The van der Waals surface area contributed by atoms with Crippen LogP contribution in [0.25, 0.3) is 0 Å². The smallest absolute Gasteiger partial charge is 0.0893 e. The third-order valence-corrected chi connectivity index (χ3v) is 6.85. The Morgan fingerprint density at radius 1 is 1.40 bits per heavy atom. The van der Waals surface area contributed by atoms with Gasteiger partial charge in [0.05, 0.1) is 7.14 Å². The molecule has 1 aliphatic rings. The molecule has 0 bridgehead atoms. The molecule has 1 saturated heterocycles. The molecule has 0 unspecified atom stereocenters. The molecule has 1 nitrogen and oxygen atoms in total. The Morgan fingerprint density at radius 3 is 2.50 bits per heavy atom. The fourth-order valence-electron chi connectivity index (χ4n) is 1.31. The molecule has 1 aliphatic heterocycles. The molecule has 0 aromatic rings. The Balaban J connectivity index is 2.41. The third-order valence-electron chi connectivity index (χ3n) is 1.92. The summed E-state index contributed by atoms with van der Waals surface area (Å²) >= 11 is 1.95. The maximum Gasteiger partial charge on any atom is 0.0893 e. The van der Waals surface area contributed by atoms with Gasteiger partial charge in [-0.2, -0.15) is 11.8 Å². The Labute approximate surface area is 67.3 Å². The molecule has 0 saturated carbocycles. The number of hydrogen-bond donors (Lipinski definition) is 0. The summed E-state index contributed by atoms with van der Waals surface area (Å²) in [6, 6.07) is 0. The van der Waals surface area contributed by atoms with Crippen molar-refractivity contribution in [3.05, 3.63) is 0 Å². The molecule has 1 fully saturated rings. The second-order valence-corrected chi connectivity index (χ2v) is 7.52. The van der Waals surface area contributed by atoms with Gasteiger partial charge in [0.1, 0.15) is 0 Å². The molecule has 0 radical (unpaired) electrons. The van der Waals surface area contributed by atoms with E-state index in [1.807, 2.05) is 11.8 Å². The van der Waals surface area contributed by atoms with Crippen molar-refractivity contribution in [1.29, 1.82) is 0 Å². The normalized spacial score (nSPS) is 24.5. The molecule has 3 heteroatoms. The number of thioether (sulfide) groups is 1. The molecule has 1 heterocycles. The lowest BCUT2D eigenvalue weighted by molar-refractivity contribution is 0.575. The molecular weight excluding hydrogens is 163 g/mol. The number of rotatable bonds is 2. The molecule has 0 amide bonds. The van der Waals surface area contributed by atoms with Crippen LogP contribution in [0.3, 0.4) is 0 Å². The van der Waals surface area contributed by atoms with Crippen LogP contribution in [0.15, 0.2) is 0 Å². The molecule has 0 aliphatic carbocycles. The monoisotopic (exact) mass is 178 g/mol. The quantitative estimate of drug-likeness (QED) is 0.604. The minimum absolute atomic E-state index is 0.994. The summed E-state index contributed by atoms with van der Waals surface area (Å²) in [6.07, 6.45) is 4.10. The molecule has 0 spiro atoms. The van der Waals surface area contributed by atoms with Gasteiger partial charge in [-0.25, -0.2) is 0 Å². The topological polar surface area (TPSA) is 17.1 Å². The van der Waals surface area contributed by atoms with Crippen molar-refractivity contribution in [3.8, 4) is 0 Å². The molecular formula is C7H15OPS. The highest BCUT2D eigenvalue weighted by Gasteiger charge is 2.23. The highest BCUT2D eigenvalue weighted by molar-refractivity contribution is 8.00. The Morgan fingerprint density at radius 2 is 2.00 bits per heavy atom. The Hall–Kier alpha value is 0.580. The minimum Gasteiger partial charge on any atom is -0.323 e. The molecule has 0 N–H and O–H groups in total. The van der Waals surface area contributed by atoms with Gasteiger partial charge in [-0.15, -0.1) is 0 Å². The van der Waals surface area contributed by atoms with Gasteiger partial charge in [-0.05, 0) is 6.42 Å². The van der Waals surface area contributed by atoms with Gasteiger partial charge in [0.25, 0.3) is 0 Å². The first-order valence-corrected chi connectivity index (χ1v) is 7.33. The molecule has 0 aromatic carbocycles. The van der Waals surface area contributed by atoms with E-state index in [0.717, 1.165) is 36.4 Å². The Kier molecular flexibility index (Phi) is 3.32. The summed E-state index contributed by atoms with van der Waals surface area (Å²) in [4.78, 5) is 0. The highest BCUT2D eigenvalue weighted by atomic mass is 32.2. The summed E-state index contributed by atoms with van der Waals surface area (Å²) in [5, 5.41) is 0. The van der Waals surface area contributed by atoms with Gasteiger partial charge < -0.3 is 4.57 Å². The van der Waals surface area contributed by atoms with E-state index in [1.54, 1.807) is 0 Å². The van der Waals surface area contributed by atoms with Crippen molar-refractivity contribution in [2.45, 2.75) is 13.3 Å². The highest BCUT2D eigenvalue weighted by Crippen LogP contribution is 2.49. The van der Waals surface area contributed by atoms with Crippen LogP contribution in [0.5, 0.6) is 0 Å². The lowest BCUT2D eigenvalue weighted by Crippen LogP contribution is -2.09. The lowest BCUT2D eigenvalue weighted by Gasteiger charge is -2.21. The van der Waals surface area contributed by atoms with E-state index in [4.69, 9.17) is 0 Å². The molecule has 10 heavy (non-hydrogen) atoms. The van der Waals surface area contributed by atoms with Gasteiger partial charge in [-0.3, -0.25) is 0 Å². The van der Waals surface area contributed by atoms with Crippen LogP contribution >= 0.6 is 18.9 Å². The molecule has 0 aromatic heterocycles. The van der Waals surface area contributed by atoms with Crippen LogP contribution in [0.4, 0.5) is 0 Å². The minimum atomic E-state index is -1.63. The Bertz CT molecular complexity index is 128. The second-order valence-electron chi connectivity index (χ2n) is 2.84. The van der Waals surface area contributed by atoms with E-state index >= 15 is 0 Å². The van der Waals surface area contributed by atoms with E-state index in [9.17, 15) is 4.57 Å². The summed E-state index contributed by atoms with van der Waals surface area (Å²) < 4.78 is 11.8. The maximum absolute atomic E-state index is 11.8. The molecule has 1 rings (SSSR count). The van der Waals surface area contributed by atoms with Crippen molar-refractivity contribution in [3.63, 3.8) is 0 Å². The molecule has 60 valence electrons. The second kappa shape index (κ2) is 3.82. The zero-order valence-corrected chi connectivity index (χ0v) is 8.22. The summed E-state index contributed by atoms with van der Waals surface area (Å²) in [7, 11) is -1.63. The van der Waals surface area contributed by atoms with Crippen molar-refractivity contribution >= 4 is 18.9 Å². The first kappa shape index (κ1) is 8.67. The van der Waals surface area contributed by atoms with Crippen molar-refractivity contribution < 1.29 is 4.57 Å². The van der Waals surface area contributed by atoms with Crippen LogP contribution in [0.2, 0.25) is 0 Å². The number of hydrogen-bond acceptors (Lipinski definition) is 2. The van der Waals surface area contributed by atoms with Gasteiger partial charge in [0, 0.05) is 30.0 Å². The fraction of sp³-hybridized carbons (Fsp3) is 1.00. The maximum atomic E-state index is 11.8. The average molecular weight is 178 g/mol. The zero-order chi connectivity index (χ0) is 7.45. The summed E-state index contributed by atoms with van der Waals surface area (Å²) in [5.41, 5.74) is 0. The van der Waals surface area contributed by atoms with Crippen LogP contribution in [0, 0.1) is 0 Å². The first-order chi connectivity index (χ1) is 4.77. The predicted octanol–water partition coefficient (Wildman–Crippen LogP) is 2.51. The van der Waals surface area contributed by atoms with E-state index in [1.165, 1.54) is 0 Å². The van der Waals surface area contributed by atoms with E-state index in [0.29, 0.717) is 0 Å².